The maximum Gasteiger partial charge on any atom is 0.221 e. The zero-order valence-corrected chi connectivity index (χ0v) is 13.6. The van der Waals surface area contributed by atoms with E-state index in [9.17, 15) is 4.79 Å². The number of hydrogen-bond donors (Lipinski definition) is 2. The molecule has 112 valence electrons. The Labute approximate surface area is 126 Å². The summed E-state index contributed by atoms with van der Waals surface area (Å²) in [5, 5.41) is 6.28. The largest absolute Gasteiger partial charge is 0.326 e. The highest BCUT2D eigenvalue weighted by molar-refractivity contribution is 7.99. The van der Waals surface area contributed by atoms with E-state index in [4.69, 9.17) is 0 Å². The van der Waals surface area contributed by atoms with E-state index in [2.05, 4.69) is 36.6 Å². The van der Waals surface area contributed by atoms with Crippen LogP contribution in [0.3, 0.4) is 0 Å². The van der Waals surface area contributed by atoms with Crippen molar-refractivity contribution >= 4 is 23.4 Å². The molecule has 0 spiro atoms. The molecule has 1 aromatic carbocycles. The van der Waals surface area contributed by atoms with Crippen molar-refractivity contribution in [1.29, 1.82) is 0 Å². The normalized spacial score (nSPS) is 12.2. The Morgan fingerprint density at radius 2 is 2.00 bits per heavy atom. The molecule has 1 aromatic rings. The Kier molecular flexibility index (Phi) is 8.38. The molecule has 2 N–H and O–H groups in total. The third-order valence-corrected chi connectivity index (χ3v) is 4.07. The summed E-state index contributed by atoms with van der Waals surface area (Å²) in [5.74, 6) is 1.11. The molecule has 1 unspecified atom stereocenters. The third kappa shape index (κ3) is 7.56. The van der Waals surface area contributed by atoms with Gasteiger partial charge in [0.1, 0.15) is 0 Å². The molecule has 0 heterocycles. The van der Waals surface area contributed by atoms with Gasteiger partial charge in [-0.25, -0.2) is 0 Å². The maximum absolute atomic E-state index is 10.9. The minimum Gasteiger partial charge on any atom is -0.326 e. The number of carbonyl (C=O) groups is 1. The summed E-state index contributed by atoms with van der Waals surface area (Å²) in [5.41, 5.74) is 0.860. The van der Waals surface area contributed by atoms with Crippen molar-refractivity contribution in [3.63, 3.8) is 0 Å². The minimum absolute atomic E-state index is 0.0287. The highest BCUT2D eigenvalue weighted by Crippen LogP contribution is 2.21. The fraction of sp³-hybridized carbons (Fsp3) is 0.562. The lowest BCUT2D eigenvalue weighted by atomic mass is 10.2. The predicted molar refractivity (Wildman–Crippen MR) is 88.5 cm³/mol. The average Bonchev–Trinajstić information content (AvgIpc) is 2.42. The van der Waals surface area contributed by atoms with Crippen LogP contribution in [-0.4, -0.2) is 24.2 Å². The SMILES string of the molecule is CCCNC(C)CCCSc1ccc(NC(C)=O)cc1. The summed E-state index contributed by atoms with van der Waals surface area (Å²) < 4.78 is 0. The molecule has 1 atom stereocenters. The minimum atomic E-state index is -0.0287. The predicted octanol–water partition coefficient (Wildman–Crippen LogP) is 3.91. The van der Waals surface area contributed by atoms with Crippen LogP contribution in [0.2, 0.25) is 0 Å². The van der Waals surface area contributed by atoms with Gasteiger partial charge in [-0.2, -0.15) is 0 Å². The summed E-state index contributed by atoms with van der Waals surface area (Å²) in [6, 6.07) is 8.64. The second-order valence-corrected chi connectivity index (χ2v) is 6.22. The first-order chi connectivity index (χ1) is 9.61. The topological polar surface area (TPSA) is 41.1 Å². The van der Waals surface area contributed by atoms with E-state index in [1.54, 1.807) is 0 Å². The van der Waals surface area contributed by atoms with E-state index in [0.717, 1.165) is 18.0 Å². The molecule has 0 bridgehead atoms. The van der Waals surface area contributed by atoms with E-state index in [0.29, 0.717) is 6.04 Å². The first kappa shape index (κ1) is 17.1. The van der Waals surface area contributed by atoms with Crippen LogP contribution in [0.25, 0.3) is 0 Å². The van der Waals surface area contributed by atoms with Gasteiger partial charge >= 0.3 is 0 Å². The van der Waals surface area contributed by atoms with E-state index in [-0.39, 0.29) is 5.91 Å². The lowest BCUT2D eigenvalue weighted by molar-refractivity contribution is -0.114. The van der Waals surface area contributed by atoms with Gasteiger partial charge in [-0.05, 0) is 62.7 Å². The zero-order valence-electron chi connectivity index (χ0n) is 12.7. The molecule has 0 saturated heterocycles. The van der Waals surface area contributed by atoms with Gasteiger partial charge in [0.15, 0.2) is 0 Å². The number of hydrogen-bond acceptors (Lipinski definition) is 3. The highest BCUT2D eigenvalue weighted by atomic mass is 32.2. The van der Waals surface area contributed by atoms with Gasteiger partial charge in [-0.1, -0.05) is 6.92 Å². The Morgan fingerprint density at radius 1 is 1.30 bits per heavy atom. The molecule has 0 aliphatic carbocycles. The summed E-state index contributed by atoms with van der Waals surface area (Å²) >= 11 is 1.87. The molecule has 4 heteroatoms. The summed E-state index contributed by atoms with van der Waals surface area (Å²) in [6.07, 6.45) is 3.63. The third-order valence-electron chi connectivity index (χ3n) is 2.97. The first-order valence-electron chi connectivity index (χ1n) is 7.35. The number of thioether (sulfide) groups is 1. The smallest absolute Gasteiger partial charge is 0.221 e. The maximum atomic E-state index is 10.9. The Balaban J connectivity index is 2.20. The molecule has 3 nitrogen and oxygen atoms in total. The van der Waals surface area contributed by atoms with Crippen molar-refractivity contribution in [1.82, 2.24) is 5.32 Å². The molecular weight excluding hydrogens is 268 g/mol. The number of anilines is 1. The van der Waals surface area contributed by atoms with E-state index < -0.39 is 0 Å². The summed E-state index contributed by atoms with van der Waals surface area (Å²) in [7, 11) is 0. The van der Waals surface area contributed by atoms with Crippen molar-refractivity contribution in [3.05, 3.63) is 24.3 Å². The van der Waals surface area contributed by atoms with Crippen LogP contribution in [0, 0.1) is 0 Å². The zero-order chi connectivity index (χ0) is 14.8. The molecule has 1 amide bonds. The molecule has 0 aliphatic heterocycles. The van der Waals surface area contributed by atoms with Crippen molar-refractivity contribution in [2.45, 2.75) is 51.0 Å². The lowest BCUT2D eigenvalue weighted by Crippen LogP contribution is -2.26. The highest BCUT2D eigenvalue weighted by Gasteiger charge is 2.01. The van der Waals surface area contributed by atoms with Gasteiger partial charge in [0.2, 0.25) is 5.91 Å². The van der Waals surface area contributed by atoms with Crippen molar-refractivity contribution < 1.29 is 4.79 Å². The van der Waals surface area contributed by atoms with Crippen LogP contribution < -0.4 is 10.6 Å². The van der Waals surface area contributed by atoms with E-state index in [1.807, 2.05) is 23.9 Å². The molecule has 0 radical (unpaired) electrons. The van der Waals surface area contributed by atoms with Crippen LogP contribution >= 0.6 is 11.8 Å². The van der Waals surface area contributed by atoms with Crippen LogP contribution in [0.1, 0.15) is 40.0 Å². The lowest BCUT2D eigenvalue weighted by Gasteiger charge is -2.12. The molecule has 0 aromatic heterocycles. The number of benzene rings is 1. The Bertz CT molecular complexity index is 392. The standard InChI is InChI=1S/C16H26N2OS/c1-4-11-17-13(2)6-5-12-20-16-9-7-15(8-10-16)18-14(3)19/h7-10,13,17H,4-6,11-12H2,1-3H3,(H,18,19). The second kappa shape index (κ2) is 9.83. The quantitative estimate of drug-likeness (QED) is 0.536. The van der Waals surface area contributed by atoms with E-state index in [1.165, 1.54) is 31.1 Å². The Morgan fingerprint density at radius 3 is 2.60 bits per heavy atom. The fourth-order valence-electron chi connectivity index (χ4n) is 1.91. The van der Waals surface area contributed by atoms with Gasteiger partial charge in [0.25, 0.3) is 0 Å². The average molecular weight is 294 g/mol. The van der Waals surface area contributed by atoms with Gasteiger partial charge < -0.3 is 10.6 Å². The molecule has 0 saturated carbocycles. The molecule has 0 fully saturated rings. The van der Waals surface area contributed by atoms with Crippen LogP contribution in [0.4, 0.5) is 5.69 Å². The van der Waals surface area contributed by atoms with Crippen molar-refractivity contribution in [2.24, 2.45) is 0 Å². The van der Waals surface area contributed by atoms with Gasteiger partial charge in [0, 0.05) is 23.5 Å². The molecule has 1 rings (SSSR count). The summed E-state index contributed by atoms with van der Waals surface area (Å²) in [4.78, 5) is 12.2. The van der Waals surface area contributed by atoms with Crippen molar-refractivity contribution in [3.8, 4) is 0 Å². The number of nitrogens with one attached hydrogen (secondary N) is 2. The molecule has 0 aliphatic rings. The van der Waals surface area contributed by atoms with Gasteiger partial charge in [0.05, 0.1) is 0 Å². The van der Waals surface area contributed by atoms with Gasteiger partial charge in [-0.15, -0.1) is 11.8 Å². The van der Waals surface area contributed by atoms with Gasteiger partial charge in [-0.3, -0.25) is 4.79 Å². The number of carbonyl (C=O) groups excluding carboxylic acids is 1. The molecule has 20 heavy (non-hydrogen) atoms. The monoisotopic (exact) mass is 294 g/mol. The van der Waals surface area contributed by atoms with Crippen LogP contribution in [0.5, 0.6) is 0 Å². The number of amides is 1. The Hall–Kier alpha value is -1.00. The van der Waals surface area contributed by atoms with Crippen LogP contribution in [0.15, 0.2) is 29.2 Å². The second-order valence-electron chi connectivity index (χ2n) is 5.05. The van der Waals surface area contributed by atoms with Crippen LogP contribution in [-0.2, 0) is 4.79 Å². The van der Waals surface area contributed by atoms with Crippen molar-refractivity contribution in [2.75, 3.05) is 17.6 Å². The van der Waals surface area contributed by atoms with E-state index >= 15 is 0 Å². The number of rotatable bonds is 9. The first-order valence-corrected chi connectivity index (χ1v) is 8.34. The molecular formula is C16H26N2OS. The fourth-order valence-corrected chi connectivity index (χ4v) is 2.79. The summed E-state index contributed by atoms with van der Waals surface area (Å²) in [6.45, 7) is 7.08.